The predicted octanol–water partition coefficient (Wildman–Crippen LogP) is 3.50. The summed E-state index contributed by atoms with van der Waals surface area (Å²) in [6, 6.07) is 18.6. The zero-order valence-electron chi connectivity index (χ0n) is 15.8. The van der Waals surface area contributed by atoms with E-state index < -0.39 is 24.3 Å². The number of carbonyl (C=O) groups is 2. The normalized spacial score (nSPS) is 21.7. The van der Waals surface area contributed by atoms with Crippen molar-refractivity contribution in [2.75, 3.05) is 6.61 Å². The van der Waals surface area contributed by atoms with Crippen LogP contribution in [0.1, 0.15) is 35.7 Å². The van der Waals surface area contributed by atoms with Crippen LogP contribution in [0, 0.1) is 0 Å². The molecule has 148 valence electrons. The third-order valence-electron chi connectivity index (χ3n) is 4.42. The van der Waals surface area contributed by atoms with Crippen LogP contribution in [0.5, 0.6) is 0 Å². The number of hydrogen-bond acceptors (Lipinski definition) is 6. The van der Waals surface area contributed by atoms with Gasteiger partial charge in [0.25, 0.3) is 0 Å². The van der Waals surface area contributed by atoms with Crippen molar-refractivity contribution in [1.82, 2.24) is 0 Å². The van der Waals surface area contributed by atoms with Crippen molar-refractivity contribution in [3.63, 3.8) is 0 Å². The first kappa shape index (κ1) is 20.0. The van der Waals surface area contributed by atoms with Crippen molar-refractivity contribution in [3.8, 4) is 0 Å². The van der Waals surface area contributed by atoms with Gasteiger partial charge in [0.15, 0.2) is 0 Å². The molecule has 0 N–H and O–H groups in total. The number of ether oxygens (including phenoxy) is 4. The summed E-state index contributed by atoms with van der Waals surface area (Å²) >= 11 is 0. The largest absolute Gasteiger partial charge is 0.459 e. The van der Waals surface area contributed by atoms with E-state index in [1.807, 2.05) is 36.4 Å². The van der Waals surface area contributed by atoms with E-state index in [-0.39, 0.29) is 12.7 Å². The van der Waals surface area contributed by atoms with E-state index >= 15 is 0 Å². The van der Waals surface area contributed by atoms with Crippen LogP contribution in [0.25, 0.3) is 0 Å². The fourth-order valence-electron chi connectivity index (χ4n) is 3.04. The van der Waals surface area contributed by atoms with Gasteiger partial charge >= 0.3 is 11.9 Å². The molecule has 0 aliphatic carbocycles. The van der Waals surface area contributed by atoms with Crippen molar-refractivity contribution < 1.29 is 28.5 Å². The van der Waals surface area contributed by atoms with Crippen LogP contribution >= 0.6 is 0 Å². The second-order valence-electron chi connectivity index (χ2n) is 6.59. The molecular weight excluding hydrogens is 360 g/mol. The van der Waals surface area contributed by atoms with Crippen molar-refractivity contribution in [3.05, 3.63) is 71.8 Å². The lowest BCUT2D eigenvalue weighted by Crippen LogP contribution is -2.44. The number of carbonyl (C=O) groups excluding carboxylic acids is 2. The molecule has 1 saturated heterocycles. The third kappa shape index (κ3) is 5.90. The Morgan fingerprint density at radius 2 is 1.68 bits per heavy atom. The molecule has 0 amide bonds. The molecule has 0 spiro atoms. The molecule has 6 heteroatoms. The first-order valence-electron chi connectivity index (χ1n) is 9.32. The maximum absolute atomic E-state index is 12.2. The molecular formula is C22H24O6. The van der Waals surface area contributed by atoms with Crippen molar-refractivity contribution in [2.45, 2.75) is 44.9 Å². The minimum absolute atomic E-state index is 0.0188. The summed E-state index contributed by atoms with van der Waals surface area (Å²) in [4.78, 5) is 23.5. The number of benzene rings is 2. The molecule has 1 aliphatic rings. The first-order chi connectivity index (χ1) is 13.6. The Morgan fingerprint density at radius 1 is 1.00 bits per heavy atom. The molecule has 2 aromatic rings. The summed E-state index contributed by atoms with van der Waals surface area (Å²) in [6.45, 7) is 1.78. The highest BCUT2D eigenvalue weighted by molar-refractivity contribution is 5.89. The Bertz CT molecular complexity index is 761. The lowest BCUT2D eigenvalue weighted by molar-refractivity contribution is -0.234. The van der Waals surface area contributed by atoms with Gasteiger partial charge in [-0.05, 0) is 24.1 Å². The predicted molar refractivity (Wildman–Crippen MR) is 101 cm³/mol. The second kappa shape index (κ2) is 10.0. The highest BCUT2D eigenvalue weighted by atomic mass is 16.7. The molecule has 1 aliphatic heterocycles. The molecule has 1 heterocycles. The van der Waals surface area contributed by atoms with E-state index in [1.54, 1.807) is 24.3 Å². The Kier molecular flexibility index (Phi) is 7.17. The van der Waals surface area contributed by atoms with E-state index in [1.165, 1.54) is 6.92 Å². The summed E-state index contributed by atoms with van der Waals surface area (Å²) < 4.78 is 22.4. The lowest BCUT2D eigenvalue weighted by atomic mass is 10.0. The Labute approximate surface area is 164 Å². The minimum Gasteiger partial charge on any atom is -0.459 e. The summed E-state index contributed by atoms with van der Waals surface area (Å²) in [7, 11) is 0. The van der Waals surface area contributed by atoms with Gasteiger partial charge in [0.1, 0.15) is 12.7 Å². The zero-order chi connectivity index (χ0) is 19.8. The number of hydrogen-bond donors (Lipinski definition) is 0. The summed E-state index contributed by atoms with van der Waals surface area (Å²) in [5, 5.41) is 0. The fourth-order valence-corrected chi connectivity index (χ4v) is 3.04. The number of esters is 2. The van der Waals surface area contributed by atoms with E-state index in [4.69, 9.17) is 18.9 Å². The first-order valence-corrected chi connectivity index (χ1v) is 9.32. The van der Waals surface area contributed by atoms with Gasteiger partial charge in [0, 0.05) is 13.3 Å². The van der Waals surface area contributed by atoms with Crippen LogP contribution in [-0.2, 0) is 30.3 Å². The molecule has 0 saturated carbocycles. The highest BCUT2D eigenvalue weighted by Gasteiger charge is 2.34. The van der Waals surface area contributed by atoms with E-state index in [0.29, 0.717) is 25.0 Å². The zero-order valence-corrected chi connectivity index (χ0v) is 15.8. The summed E-state index contributed by atoms with van der Waals surface area (Å²) in [5.74, 6) is -0.839. The van der Waals surface area contributed by atoms with Gasteiger partial charge in [0.05, 0.1) is 18.3 Å². The molecule has 0 bridgehead atoms. The lowest BCUT2D eigenvalue weighted by Gasteiger charge is -2.35. The van der Waals surface area contributed by atoms with Gasteiger partial charge in [0.2, 0.25) is 6.29 Å². The summed E-state index contributed by atoms with van der Waals surface area (Å²) in [6.07, 6.45) is -0.278. The summed E-state index contributed by atoms with van der Waals surface area (Å²) in [5.41, 5.74) is 1.52. The molecule has 3 rings (SSSR count). The Hall–Kier alpha value is -2.70. The van der Waals surface area contributed by atoms with Crippen LogP contribution in [-0.4, -0.2) is 37.0 Å². The average molecular weight is 384 g/mol. The Balaban J connectivity index is 1.60. The standard InChI is InChI=1S/C22H24O6/c1-16(23)27-21-13-12-19(25-14-17-8-4-2-5-9-17)20(28-21)15-26-22(24)18-10-6-3-7-11-18/h2-11,19-21H,12-15H2,1H3/t19-,20+,21-/m0/s1. The van der Waals surface area contributed by atoms with Crippen LogP contribution in [0.4, 0.5) is 0 Å². The molecule has 3 atom stereocenters. The smallest absolute Gasteiger partial charge is 0.338 e. The monoisotopic (exact) mass is 384 g/mol. The molecule has 1 fully saturated rings. The molecule has 6 nitrogen and oxygen atoms in total. The van der Waals surface area contributed by atoms with Gasteiger partial charge in [-0.1, -0.05) is 48.5 Å². The van der Waals surface area contributed by atoms with Crippen LogP contribution in [0.15, 0.2) is 60.7 Å². The highest BCUT2D eigenvalue weighted by Crippen LogP contribution is 2.25. The van der Waals surface area contributed by atoms with Crippen LogP contribution in [0.2, 0.25) is 0 Å². The second-order valence-corrected chi connectivity index (χ2v) is 6.59. The van der Waals surface area contributed by atoms with E-state index in [9.17, 15) is 9.59 Å². The van der Waals surface area contributed by atoms with Crippen LogP contribution < -0.4 is 0 Å². The maximum atomic E-state index is 12.2. The quantitative estimate of drug-likeness (QED) is 0.681. The molecule has 0 aromatic heterocycles. The molecule has 28 heavy (non-hydrogen) atoms. The van der Waals surface area contributed by atoms with Gasteiger partial charge in [-0.3, -0.25) is 4.79 Å². The topological polar surface area (TPSA) is 71.1 Å². The molecule has 0 radical (unpaired) electrons. The van der Waals surface area contributed by atoms with Crippen LogP contribution in [0.3, 0.4) is 0 Å². The number of rotatable bonds is 7. The van der Waals surface area contributed by atoms with Gasteiger partial charge in [-0.2, -0.15) is 0 Å². The maximum Gasteiger partial charge on any atom is 0.338 e. The Morgan fingerprint density at radius 3 is 2.36 bits per heavy atom. The van der Waals surface area contributed by atoms with Gasteiger partial charge in [-0.25, -0.2) is 4.79 Å². The van der Waals surface area contributed by atoms with Gasteiger partial charge < -0.3 is 18.9 Å². The fraction of sp³-hybridized carbons (Fsp3) is 0.364. The van der Waals surface area contributed by atoms with Crippen molar-refractivity contribution >= 4 is 11.9 Å². The van der Waals surface area contributed by atoms with Gasteiger partial charge in [-0.15, -0.1) is 0 Å². The van der Waals surface area contributed by atoms with Crippen molar-refractivity contribution in [2.24, 2.45) is 0 Å². The molecule has 0 unspecified atom stereocenters. The van der Waals surface area contributed by atoms with E-state index in [2.05, 4.69) is 0 Å². The SMILES string of the molecule is CC(=O)O[C@@H]1CC[C@H](OCc2ccccc2)[C@@H](COC(=O)c2ccccc2)O1. The molecule has 2 aromatic carbocycles. The minimum atomic E-state index is -0.658. The average Bonchev–Trinajstić information content (AvgIpc) is 2.72. The third-order valence-corrected chi connectivity index (χ3v) is 4.42. The van der Waals surface area contributed by atoms with E-state index in [0.717, 1.165) is 5.56 Å². The van der Waals surface area contributed by atoms with Crippen molar-refractivity contribution in [1.29, 1.82) is 0 Å².